The predicted molar refractivity (Wildman–Crippen MR) is 160 cm³/mol. The van der Waals surface area contributed by atoms with Crippen molar-refractivity contribution < 1.29 is 37.8 Å². The summed E-state index contributed by atoms with van der Waals surface area (Å²) in [5, 5.41) is 2.17. The molecule has 7 heteroatoms. The minimum atomic E-state index is 0. The number of pyridine rings is 2. The first-order valence-corrected chi connectivity index (χ1v) is 12.6. The second-order valence-electron chi connectivity index (χ2n) is 8.40. The number of fused-ring (bicyclic) bond motifs is 2. The molecule has 0 radical (unpaired) electrons. The fourth-order valence-corrected chi connectivity index (χ4v) is 4.04. The Labute approximate surface area is 253 Å². The zero-order valence-electron chi connectivity index (χ0n) is 24.0. The maximum absolute atomic E-state index is 5.40. The van der Waals surface area contributed by atoms with Gasteiger partial charge in [0.15, 0.2) is 0 Å². The number of hydrogen-bond acceptors (Lipinski definition) is 6. The van der Waals surface area contributed by atoms with E-state index < -0.39 is 0 Å². The van der Waals surface area contributed by atoms with Crippen LogP contribution in [0.15, 0.2) is 115 Å². The Morgan fingerprint density at radius 2 is 1.15 bits per heavy atom. The van der Waals surface area contributed by atoms with Crippen molar-refractivity contribution in [3.63, 3.8) is 0 Å². The number of methoxy groups -OCH3 is 4. The fourth-order valence-electron chi connectivity index (χ4n) is 4.04. The molecule has 0 aliphatic heterocycles. The number of para-hydroxylation sites is 4. The van der Waals surface area contributed by atoms with Gasteiger partial charge in [-0.25, -0.2) is 4.98 Å². The van der Waals surface area contributed by atoms with Crippen LogP contribution in [0.2, 0.25) is 0 Å². The molecule has 0 saturated carbocycles. The van der Waals surface area contributed by atoms with Gasteiger partial charge in [-0.3, -0.25) is 4.98 Å². The smallest absolute Gasteiger partial charge is 0.523 e. The Balaban J connectivity index is 0.000000187. The number of rotatable bonds is 5. The van der Waals surface area contributed by atoms with Crippen LogP contribution >= 0.6 is 0 Å². The van der Waals surface area contributed by atoms with Crippen molar-refractivity contribution >= 4 is 21.8 Å². The summed E-state index contributed by atoms with van der Waals surface area (Å²) in [6.07, 6.45) is 1.77. The molecule has 6 nitrogen and oxygen atoms in total. The summed E-state index contributed by atoms with van der Waals surface area (Å²) in [4.78, 5) is 8.95. The van der Waals surface area contributed by atoms with E-state index in [2.05, 4.69) is 11.1 Å². The minimum absolute atomic E-state index is 0. The second kappa shape index (κ2) is 15.9. The number of nitrogens with zero attached hydrogens (tertiary/aromatic N) is 2. The molecule has 0 aliphatic rings. The van der Waals surface area contributed by atoms with Crippen LogP contribution in [0.25, 0.3) is 33.1 Å². The third-order valence-corrected chi connectivity index (χ3v) is 6.00. The molecule has 202 valence electrons. The topological polar surface area (TPSA) is 62.7 Å². The van der Waals surface area contributed by atoms with E-state index in [1.54, 1.807) is 34.6 Å². The third-order valence-electron chi connectivity index (χ3n) is 6.00. The van der Waals surface area contributed by atoms with Crippen molar-refractivity contribution in [3.05, 3.63) is 121 Å². The number of ether oxygens (including phenoxy) is 4. The number of hydrogen-bond donors (Lipinski definition) is 0. The summed E-state index contributed by atoms with van der Waals surface area (Å²) in [6, 6.07) is 38.0. The van der Waals surface area contributed by atoms with Gasteiger partial charge in [-0.1, -0.05) is 48.5 Å². The molecule has 0 atom stereocenters. The average Bonchev–Trinajstić information content (AvgIpc) is 3.04. The average molecular weight is 539 g/mol. The van der Waals surface area contributed by atoms with Gasteiger partial charge in [-0.05, 0) is 36.4 Å². The summed E-state index contributed by atoms with van der Waals surface area (Å²) in [5.74, 6) is 3.20. The van der Waals surface area contributed by atoms with Gasteiger partial charge in [0.1, 0.15) is 28.3 Å². The van der Waals surface area contributed by atoms with Gasteiger partial charge in [0.25, 0.3) is 0 Å². The maximum atomic E-state index is 5.40. The molecule has 41 heavy (non-hydrogen) atoms. The van der Waals surface area contributed by atoms with E-state index in [1.807, 2.05) is 109 Å². The number of benzene rings is 4. The predicted octanol–water partition coefficient (Wildman–Crippen LogP) is 4.66. The molecule has 0 bridgehead atoms. The molecule has 0 N–H and O–H groups in total. The van der Waals surface area contributed by atoms with Crippen molar-refractivity contribution in [2.75, 3.05) is 28.4 Å². The number of aromatic nitrogens is 2. The summed E-state index contributed by atoms with van der Waals surface area (Å²) in [7, 11) is 6.61. The van der Waals surface area contributed by atoms with Crippen LogP contribution in [0, 0.1) is 6.07 Å². The van der Waals surface area contributed by atoms with Crippen molar-refractivity contribution in [1.82, 2.24) is 9.97 Å². The Morgan fingerprint density at radius 1 is 0.537 bits per heavy atom. The SMILES string of the molecule is COc1[c-]cccc1.COc1cccc2cccnc12.COc1ccccc1-c1ccc2cccc(OC)c2n1.[Li+]. The molecule has 4 aromatic carbocycles. The van der Waals surface area contributed by atoms with Crippen LogP contribution in [0.3, 0.4) is 0 Å². The Bertz CT molecular complexity index is 1660. The third kappa shape index (κ3) is 8.01. The van der Waals surface area contributed by atoms with E-state index in [-0.39, 0.29) is 18.9 Å². The molecular formula is C34H31LiN2O4. The van der Waals surface area contributed by atoms with Gasteiger partial charge in [-0.2, -0.15) is 18.2 Å². The van der Waals surface area contributed by atoms with E-state index in [9.17, 15) is 0 Å². The van der Waals surface area contributed by atoms with E-state index >= 15 is 0 Å². The largest absolute Gasteiger partial charge is 1.00 e. The first-order chi connectivity index (χ1) is 19.7. The monoisotopic (exact) mass is 538 g/mol. The molecule has 0 spiro atoms. The summed E-state index contributed by atoms with van der Waals surface area (Å²) in [5.41, 5.74) is 3.63. The summed E-state index contributed by atoms with van der Waals surface area (Å²) < 4.78 is 20.8. The van der Waals surface area contributed by atoms with E-state index in [1.165, 1.54) is 0 Å². The summed E-state index contributed by atoms with van der Waals surface area (Å²) in [6.45, 7) is 0. The molecule has 6 aromatic rings. The second-order valence-corrected chi connectivity index (χ2v) is 8.40. The van der Waals surface area contributed by atoms with Crippen molar-refractivity contribution in [1.29, 1.82) is 0 Å². The van der Waals surface area contributed by atoms with E-state index in [4.69, 9.17) is 23.9 Å². The zero-order chi connectivity index (χ0) is 28.2. The molecule has 0 aliphatic carbocycles. The van der Waals surface area contributed by atoms with Crippen LogP contribution in [0.1, 0.15) is 0 Å². The van der Waals surface area contributed by atoms with Crippen molar-refractivity contribution in [2.45, 2.75) is 0 Å². The van der Waals surface area contributed by atoms with Crippen LogP contribution in [-0.4, -0.2) is 38.4 Å². The first kappa shape index (κ1) is 31.0. The molecule has 2 heterocycles. The molecule has 2 aromatic heterocycles. The van der Waals surface area contributed by atoms with Gasteiger partial charge < -0.3 is 18.9 Å². The van der Waals surface area contributed by atoms with Gasteiger partial charge >= 0.3 is 18.9 Å². The standard InChI is InChI=1S/C17H15NO2.C10H9NO.C7H7O.Li/c1-19-15-8-4-3-7-13(15)14-11-10-12-6-5-9-16(20-2)17(12)18-14;1-12-9-6-2-4-8-5-3-7-11-10(8)9;1-8-7-5-3-2-4-6-7;/h3-11H,1-2H3;2-7H,1H3;2-5H,1H3;/q;;-1;+1. The molecule has 0 saturated heterocycles. The summed E-state index contributed by atoms with van der Waals surface area (Å²) >= 11 is 0. The van der Waals surface area contributed by atoms with E-state index in [0.717, 1.165) is 56.1 Å². The van der Waals surface area contributed by atoms with Crippen LogP contribution in [0.5, 0.6) is 23.0 Å². The van der Waals surface area contributed by atoms with E-state index in [0.29, 0.717) is 0 Å². The quantitative estimate of drug-likeness (QED) is 0.235. The Hall–Kier alpha value is -4.50. The first-order valence-electron chi connectivity index (χ1n) is 12.6. The molecule has 6 rings (SSSR count). The molecule has 0 unspecified atom stereocenters. The maximum Gasteiger partial charge on any atom is 1.00 e. The van der Waals surface area contributed by atoms with Crippen molar-refractivity contribution in [2.24, 2.45) is 0 Å². The normalized spacial score (nSPS) is 9.76. The van der Waals surface area contributed by atoms with Crippen LogP contribution in [-0.2, 0) is 0 Å². The van der Waals surface area contributed by atoms with Crippen LogP contribution < -0.4 is 37.8 Å². The van der Waals surface area contributed by atoms with Gasteiger partial charge in [0.05, 0.1) is 34.1 Å². The molecule has 0 amide bonds. The van der Waals surface area contributed by atoms with Gasteiger partial charge in [0.2, 0.25) is 0 Å². The molecule has 0 fully saturated rings. The van der Waals surface area contributed by atoms with Gasteiger partial charge in [0, 0.05) is 28.3 Å². The fraction of sp³-hybridized carbons (Fsp3) is 0.118. The van der Waals surface area contributed by atoms with Crippen LogP contribution in [0.4, 0.5) is 0 Å². The Morgan fingerprint density at radius 3 is 1.78 bits per heavy atom. The molecular weight excluding hydrogens is 507 g/mol. The van der Waals surface area contributed by atoms with Crippen molar-refractivity contribution in [3.8, 4) is 34.3 Å². The zero-order valence-corrected chi connectivity index (χ0v) is 24.0. The van der Waals surface area contributed by atoms with Gasteiger partial charge in [-0.15, -0.1) is 12.1 Å². The Kier molecular flexibility index (Phi) is 12.1. The minimum Gasteiger partial charge on any atom is -0.523 e.